The van der Waals surface area contributed by atoms with E-state index in [1.165, 1.54) is 12.0 Å². The number of nitrogens with zero attached hydrogens (tertiary/aromatic N) is 2. The van der Waals surface area contributed by atoms with Gasteiger partial charge in [0.05, 0.1) is 36.8 Å². The van der Waals surface area contributed by atoms with Crippen molar-refractivity contribution < 1.29 is 19.5 Å². The Labute approximate surface area is 175 Å². The molecule has 2 N–H and O–H groups in total. The third-order valence-corrected chi connectivity index (χ3v) is 6.88. The van der Waals surface area contributed by atoms with Crippen LogP contribution in [0, 0.1) is 5.92 Å². The van der Waals surface area contributed by atoms with Crippen molar-refractivity contribution in [2.45, 2.75) is 32.2 Å². The Morgan fingerprint density at radius 2 is 2.10 bits per heavy atom. The minimum atomic E-state index is -0.321. The molecule has 154 valence electrons. The van der Waals surface area contributed by atoms with Gasteiger partial charge in [-0.1, -0.05) is 25.1 Å². The molecule has 0 saturated carbocycles. The number of ether oxygens (including phenoxy) is 1. The van der Waals surface area contributed by atoms with Crippen LogP contribution in [0.4, 0.5) is 0 Å². The summed E-state index contributed by atoms with van der Waals surface area (Å²) in [5.41, 5.74) is 1.57. The standard InChI is InChI=1S/C22H27N3O3S/c1-15-8-10-24(11-9-15)14-21(26)25-18(13-17(23-25)20-7-4-12-29-20)16-5-3-6-19(28-2)22(16)27/h3-7,12,15,18,27H,8-11,13-14H2,1-2H3/p+1/t18-/m1/s1. The average Bonchev–Trinajstić information content (AvgIpc) is 3.39. The summed E-state index contributed by atoms with van der Waals surface area (Å²) >= 11 is 1.62. The number of methoxy groups -OCH3 is 1. The number of para-hydroxylation sites is 1. The number of benzene rings is 1. The van der Waals surface area contributed by atoms with Crippen molar-refractivity contribution in [3.8, 4) is 11.5 Å². The zero-order valence-electron chi connectivity index (χ0n) is 16.9. The summed E-state index contributed by atoms with van der Waals surface area (Å²) in [5.74, 6) is 1.24. The van der Waals surface area contributed by atoms with E-state index in [2.05, 4.69) is 6.92 Å². The lowest BCUT2D eigenvalue weighted by Gasteiger charge is -2.29. The molecule has 4 rings (SSSR count). The van der Waals surface area contributed by atoms with Gasteiger partial charge in [-0.2, -0.15) is 5.10 Å². The van der Waals surface area contributed by atoms with Gasteiger partial charge in [-0.05, 0) is 36.3 Å². The number of rotatable bonds is 5. The maximum atomic E-state index is 13.2. The Bertz CT molecular complexity index is 889. The Morgan fingerprint density at radius 1 is 1.31 bits per heavy atom. The molecule has 1 fully saturated rings. The molecule has 6 nitrogen and oxygen atoms in total. The molecule has 0 spiro atoms. The molecule has 0 unspecified atom stereocenters. The minimum Gasteiger partial charge on any atom is -0.504 e. The van der Waals surface area contributed by atoms with Crippen LogP contribution in [0.2, 0.25) is 0 Å². The lowest BCUT2D eigenvalue weighted by Crippen LogP contribution is -3.14. The predicted octanol–water partition coefficient (Wildman–Crippen LogP) is 2.45. The van der Waals surface area contributed by atoms with Gasteiger partial charge in [0, 0.05) is 12.0 Å². The van der Waals surface area contributed by atoms with Crippen LogP contribution in [0.3, 0.4) is 0 Å². The fourth-order valence-corrected chi connectivity index (χ4v) is 4.91. The molecule has 2 aromatic rings. The first-order chi connectivity index (χ1) is 14.1. The van der Waals surface area contributed by atoms with E-state index in [1.54, 1.807) is 22.4 Å². The number of aromatic hydroxyl groups is 1. The molecule has 1 saturated heterocycles. The number of phenolic OH excluding ortho intramolecular Hbond substituents is 1. The highest BCUT2D eigenvalue weighted by Crippen LogP contribution is 2.41. The molecule has 2 aliphatic rings. The lowest BCUT2D eigenvalue weighted by molar-refractivity contribution is -0.898. The molecule has 1 aromatic carbocycles. The van der Waals surface area contributed by atoms with Gasteiger partial charge >= 0.3 is 0 Å². The highest BCUT2D eigenvalue weighted by Gasteiger charge is 2.37. The van der Waals surface area contributed by atoms with Gasteiger partial charge in [-0.3, -0.25) is 4.79 Å². The fourth-order valence-electron chi connectivity index (χ4n) is 4.19. The van der Waals surface area contributed by atoms with Gasteiger partial charge < -0.3 is 14.7 Å². The molecule has 0 bridgehead atoms. The quantitative estimate of drug-likeness (QED) is 0.790. The van der Waals surface area contributed by atoms with Crippen molar-refractivity contribution in [3.05, 3.63) is 46.2 Å². The highest BCUT2D eigenvalue weighted by atomic mass is 32.1. The van der Waals surface area contributed by atoms with Gasteiger partial charge in [-0.25, -0.2) is 5.01 Å². The number of piperidine rings is 1. The topological polar surface area (TPSA) is 66.6 Å². The summed E-state index contributed by atoms with van der Waals surface area (Å²) in [5, 5.41) is 19.0. The number of carbonyl (C=O) groups is 1. The number of hydrogen-bond donors (Lipinski definition) is 2. The second-order valence-corrected chi connectivity index (χ2v) is 8.94. The number of phenols is 1. The smallest absolute Gasteiger partial charge is 0.298 e. The third-order valence-electron chi connectivity index (χ3n) is 5.96. The van der Waals surface area contributed by atoms with Gasteiger partial charge in [0.2, 0.25) is 0 Å². The van der Waals surface area contributed by atoms with Crippen LogP contribution in [-0.4, -0.2) is 48.5 Å². The van der Waals surface area contributed by atoms with Gasteiger partial charge in [0.25, 0.3) is 5.91 Å². The maximum absolute atomic E-state index is 13.2. The first-order valence-corrected chi connectivity index (χ1v) is 11.1. The van der Waals surface area contributed by atoms with Crippen LogP contribution < -0.4 is 9.64 Å². The van der Waals surface area contributed by atoms with E-state index in [1.807, 2.05) is 29.6 Å². The van der Waals surface area contributed by atoms with Crippen molar-refractivity contribution in [1.82, 2.24) is 5.01 Å². The van der Waals surface area contributed by atoms with Crippen molar-refractivity contribution in [2.24, 2.45) is 11.0 Å². The van der Waals surface area contributed by atoms with Crippen LogP contribution in [0.5, 0.6) is 11.5 Å². The maximum Gasteiger partial charge on any atom is 0.298 e. The molecule has 0 aliphatic carbocycles. The summed E-state index contributed by atoms with van der Waals surface area (Å²) in [4.78, 5) is 15.6. The van der Waals surface area contributed by atoms with Gasteiger partial charge in [0.1, 0.15) is 0 Å². The van der Waals surface area contributed by atoms with Gasteiger partial charge in [0.15, 0.2) is 18.0 Å². The summed E-state index contributed by atoms with van der Waals surface area (Å²) in [7, 11) is 1.53. The van der Waals surface area contributed by atoms with Crippen molar-refractivity contribution in [3.63, 3.8) is 0 Å². The van der Waals surface area contributed by atoms with Crippen molar-refractivity contribution in [1.29, 1.82) is 0 Å². The van der Waals surface area contributed by atoms with Crippen molar-refractivity contribution in [2.75, 3.05) is 26.7 Å². The van der Waals surface area contributed by atoms with E-state index in [0.717, 1.165) is 42.4 Å². The fraction of sp³-hybridized carbons (Fsp3) is 0.455. The number of amides is 1. The van der Waals surface area contributed by atoms with Crippen LogP contribution in [-0.2, 0) is 4.79 Å². The summed E-state index contributed by atoms with van der Waals surface area (Å²) < 4.78 is 5.28. The number of likely N-dealkylation sites (tertiary alicyclic amines) is 1. The van der Waals surface area contributed by atoms with Gasteiger partial charge in [-0.15, -0.1) is 11.3 Å². The van der Waals surface area contributed by atoms with Crippen molar-refractivity contribution >= 4 is 23.0 Å². The summed E-state index contributed by atoms with van der Waals surface area (Å²) in [6, 6.07) is 9.11. The predicted molar refractivity (Wildman–Crippen MR) is 114 cm³/mol. The van der Waals surface area contributed by atoms with E-state index >= 15 is 0 Å². The zero-order chi connectivity index (χ0) is 20.4. The number of carbonyl (C=O) groups excluding carboxylic acids is 1. The molecule has 1 aromatic heterocycles. The Morgan fingerprint density at radius 3 is 2.79 bits per heavy atom. The monoisotopic (exact) mass is 414 g/mol. The number of quaternary nitrogens is 1. The van der Waals surface area contributed by atoms with Crippen LogP contribution >= 0.6 is 11.3 Å². The van der Waals surface area contributed by atoms with E-state index in [0.29, 0.717) is 24.3 Å². The highest BCUT2D eigenvalue weighted by molar-refractivity contribution is 7.12. The van der Waals surface area contributed by atoms with E-state index in [9.17, 15) is 9.90 Å². The molecule has 2 aliphatic heterocycles. The van der Waals surface area contributed by atoms with Crippen LogP contribution in [0.1, 0.15) is 42.7 Å². The largest absolute Gasteiger partial charge is 0.504 e. The summed E-state index contributed by atoms with van der Waals surface area (Å²) in [6.07, 6.45) is 2.90. The van der Waals surface area contributed by atoms with E-state index < -0.39 is 0 Å². The Kier molecular flexibility index (Phi) is 5.87. The number of hydrogen-bond acceptors (Lipinski definition) is 5. The molecule has 0 radical (unpaired) electrons. The number of hydrazone groups is 1. The molecular weight excluding hydrogens is 386 g/mol. The SMILES string of the molecule is COc1cccc([C@H]2CC(c3cccs3)=NN2C(=O)C[NH+]2CCC(C)CC2)c1O. The molecule has 7 heteroatoms. The van der Waals surface area contributed by atoms with Crippen LogP contribution in [0.25, 0.3) is 0 Å². The normalized spacial score (nSPS) is 24.4. The zero-order valence-corrected chi connectivity index (χ0v) is 17.7. The molecule has 1 amide bonds. The Hall–Kier alpha value is -2.38. The second kappa shape index (κ2) is 8.55. The first kappa shape index (κ1) is 19.9. The van der Waals surface area contributed by atoms with Crippen LogP contribution in [0.15, 0.2) is 40.8 Å². The lowest BCUT2D eigenvalue weighted by atomic mass is 9.98. The Balaban J connectivity index is 1.60. The van der Waals surface area contributed by atoms with E-state index in [-0.39, 0.29) is 17.7 Å². The summed E-state index contributed by atoms with van der Waals surface area (Å²) in [6.45, 7) is 4.77. The molecular formula is C22H28N3O3S+. The first-order valence-electron chi connectivity index (χ1n) is 10.2. The second-order valence-electron chi connectivity index (χ2n) is 7.99. The molecule has 29 heavy (non-hydrogen) atoms. The number of nitrogens with one attached hydrogen (secondary N) is 1. The third kappa shape index (κ3) is 4.16. The molecule has 1 atom stereocenters. The van der Waals surface area contributed by atoms with E-state index in [4.69, 9.17) is 9.84 Å². The number of thiophene rings is 1. The molecule has 3 heterocycles. The average molecular weight is 415 g/mol. The minimum absolute atomic E-state index is 0.00771.